The van der Waals surface area contributed by atoms with Gasteiger partial charge in [0.05, 0.1) is 6.04 Å². The predicted octanol–water partition coefficient (Wildman–Crippen LogP) is 4.54. The van der Waals surface area contributed by atoms with E-state index in [2.05, 4.69) is 15.6 Å². The normalized spacial score (nSPS) is 12.2. The maximum atomic E-state index is 13.9. The molecule has 2 aromatic carbocycles. The van der Waals surface area contributed by atoms with Gasteiger partial charge >= 0.3 is 0 Å². The van der Waals surface area contributed by atoms with Crippen LogP contribution in [0.1, 0.15) is 37.4 Å². The van der Waals surface area contributed by atoms with Gasteiger partial charge in [-0.15, -0.1) is 24.0 Å². The molecule has 7 heteroatoms. The smallest absolute Gasteiger partial charge is 0.191 e. The number of rotatable bonds is 7. The Hall–Kier alpha value is -1.90. The summed E-state index contributed by atoms with van der Waals surface area (Å²) in [5.41, 5.74) is 1.53. The highest BCUT2D eigenvalue weighted by atomic mass is 127. The van der Waals surface area contributed by atoms with E-state index in [0.717, 1.165) is 24.5 Å². The number of guanidine groups is 1. The van der Waals surface area contributed by atoms with Crippen molar-refractivity contribution >= 4 is 29.9 Å². The SMILES string of the molecule is CCNC(=NCCCc1ccc(O)cc1)NC(C)c1ccc(F)cc1F.I. The van der Waals surface area contributed by atoms with Crippen LogP contribution in [0.5, 0.6) is 5.75 Å². The highest BCUT2D eigenvalue weighted by Crippen LogP contribution is 2.17. The molecule has 27 heavy (non-hydrogen) atoms. The quantitative estimate of drug-likeness (QED) is 0.232. The molecule has 0 bridgehead atoms. The Labute approximate surface area is 176 Å². The largest absolute Gasteiger partial charge is 0.508 e. The Morgan fingerprint density at radius 2 is 1.85 bits per heavy atom. The van der Waals surface area contributed by atoms with E-state index in [1.54, 1.807) is 19.1 Å². The number of nitrogens with zero attached hydrogens (tertiary/aromatic N) is 1. The molecule has 0 aliphatic rings. The van der Waals surface area contributed by atoms with Crippen molar-refractivity contribution in [3.63, 3.8) is 0 Å². The average Bonchev–Trinajstić information content (AvgIpc) is 2.60. The van der Waals surface area contributed by atoms with Crippen LogP contribution in [0, 0.1) is 11.6 Å². The highest BCUT2D eigenvalue weighted by Gasteiger charge is 2.13. The van der Waals surface area contributed by atoms with E-state index in [1.807, 2.05) is 19.1 Å². The summed E-state index contributed by atoms with van der Waals surface area (Å²) in [5, 5.41) is 15.6. The summed E-state index contributed by atoms with van der Waals surface area (Å²) < 4.78 is 27.0. The van der Waals surface area contributed by atoms with E-state index in [0.29, 0.717) is 24.6 Å². The molecular formula is C20H26F2IN3O. The first-order valence-electron chi connectivity index (χ1n) is 8.77. The van der Waals surface area contributed by atoms with E-state index in [1.165, 1.54) is 12.1 Å². The molecule has 0 aliphatic heterocycles. The Balaban J connectivity index is 0.00000364. The monoisotopic (exact) mass is 489 g/mol. The standard InChI is InChI=1S/C20H25F2N3O.HI/c1-3-23-20(24-12-4-5-15-6-9-17(26)10-7-15)25-14(2)18-11-8-16(21)13-19(18)22;/h6-11,13-14,26H,3-5,12H2,1-2H3,(H2,23,24,25);1H. The summed E-state index contributed by atoms with van der Waals surface area (Å²) in [6, 6.07) is 10.4. The van der Waals surface area contributed by atoms with Crippen molar-refractivity contribution in [3.05, 3.63) is 65.2 Å². The number of hydrogen-bond donors (Lipinski definition) is 3. The van der Waals surface area contributed by atoms with E-state index in [9.17, 15) is 13.9 Å². The van der Waals surface area contributed by atoms with Crippen LogP contribution < -0.4 is 10.6 Å². The van der Waals surface area contributed by atoms with Gasteiger partial charge < -0.3 is 15.7 Å². The van der Waals surface area contributed by atoms with Gasteiger partial charge in [-0.1, -0.05) is 18.2 Å². The molecule has 0 aliphatic carbocycles. The summed E-state index contributed by atoms with van der Waals surface area (Å²) in [6.07, 6.45) is 1.70. The van der Waals surface area contributed by atoms with Crippen molar-refractivity contribution in [2.24, 2.45) is 4.99 Å². The minimum Gasteiger partial charge on any atom is -0.508 e. The third-order valence-corrected chi connectivity index (χ3v) is 3.96. The zero-order valence-electron chi connectivity index (χ0n) is 15.5. The molecule has 148 valence electrons. The van der Waals surface area contributed by atoms with Gasteiger partial charge in [0.1, 0.15) is 17.4 Å². The van der Waals surface area contributed by atoms with Crippen LogP contribution in [0.15, 0.2) is 47.5 Å². The number of phenols is 1. The summed E-state index contributed by atoms with van der Waals surface area (Å²) >= 11 is 0. The van der Waals surface area contributed by atoms with E-state index < -0.39 is 11.6 Å². The highest BCUT2D eigenvalue weighted by molar-refractivity contribution is 14.0. The topological polar surface area (TPSA) is 56.7 Å². The van der Waals surface area contributed by atoms with E-state index in [4.69, 9.17) is 0 Å². The maximum Gasteiger partial charge on any atom is 0.191 e. The summed E-state index contributed by atoms with van der Waals surface area (Å²) in [5.74, 6) is -0.316. The molecule has 0 aromatic heterocycles. The molecule has 0 spiro atoms. The van der Waals surface area contributed by atoms with Crippen LogP contribution in [-0.4, -0.2) is 24.2 Å². The number of nitrogens with one attached hydrogen (secondary N) is 2. The molecule has 3 N–H and O–H groups in total. The lowest BCUT2D eigenvalue weighted by Gasteiger charge is -2.18. The number of aliphatic imine (C=N–C) groups is 1. The van der Waals surface area contributed by atoms with Crippen molar-refractivity contribution < 1.29 is 13.9 Å². The Morgan fingerprint density at radius 3 is 2.48 bits per heavy atom. The zero-order valence-corrected chi connectivity index (χ0v) is 17.8. The molecule has 0 radical (unpaired) electrons. The molecule has 0 amide bonds. The van der Waals surface area contributed by atoms with Crippen LogP contribution in [-0.2, 0) is 6.42 Å². The molecule has 0 fully saturated rings. The molecule has 2 aromatic rings. The van der Waals surface area contributed by atoms with Gasteiger partial charge in [0.2, 0.25) is 0 Å². The number of aryl methyl sites for hydroxylation is 1. The lowest BCUT2D eigenvalue weighted by Crippen LogP contribution is -2.39. The van der Waals surface area contributed by atoms with E-state index in [-0.39, 0.29) is 35.8 Å². The van der Waals surface area contributed by atoms with Gasteiger partial charge in [-0.3, -0.25) is 4.99 Å². The van der Waals surface area contributed by atoms with Crippen LogP contribution in [0.3, 0.4) is 0 Å². The van der Waals surface area contributed by atoms with Gasteiger partial charge in [-0.05, 0) is 50.5 Å². The summed E-state index contributed by atoms with van der Waals surface area (Å²) in [4.78, 5) is 4.51. The zero-order chi connectivity index (χ0) is 18.9. The minimum atomic E-state index is -0.590. The van der Waals surface area contributed by atoms with Crippen LogP contribution in [0.4, 0.5) is 8.78 Å². The second-order valence-corrected chi connectivity index (χ2v) is 6.06. The molecule has 1 unspecified atom stereocenters. The Bertz CT molecular complexity index is 739. The second kappa shape index (κ2) is 11.7. The lowest BCUT2D eigenvalue weighted by atomic mass is 10.1. The fraction of sp³-hybridized carbons (Fsp3) is 0.350. The molecule has 2 rings (SSSR count). The molecule has 4 nitrogen and oxygen atoms in total. The molecular weight excluding hydrogens is 463 g/mol. The van der Waals surface area contributed by atoms with Gasteiger partial charge in [0.25, 0.3) is 0 Å². The van der Waals surface area contributed by atoms with Crippen molar-refractivity contribution in [1.29, 1.82) is 0 Å². The predicted molar refractivity (Wildman–Crippen MR) is 116 cm³/mol. The summed E-state index contributed by atoms with van der Waals surface area (Å²) in [7, 11) is 0. The Kier molecular flexibility index (Phi) is 10.1. The fourth-order valence-electron chi connectivity index (χ4n) is 2.59. The summed E-state index contributed by atoms with van der Waals surface area (Å²) in [6.45, 7) is 5.05. The van der Waals surface area contributed by atoms with Gasteiger partial charge in [0, 0.05) is 24.7 Å². The van der Waals surface area contributed by atoms with E-state index >= 15 is 0 Å². The fourth-order valence-corrected chi connectivity index (χ4v) is 2.59. The first kappa shape index (κ1) is 23.1. The van der Waals surface area contributed by atoms with Crippen molar-refractivity contribution in [3.8, 4) is 5.75 Å². The van der Waals surface area contributed by atoms with Crippen LogP contribution in [0.25, 0.3) is 0 Å². The first-order valence-corrected chi connectivity index (χ1v) is 8.77. The number of benzene rings is 2. The molecule has 0 saturated carbocycles. The number of halogens is 3. The molecule has 0 heterocycles. The van der Waals surface area contributed by atoms with Gasteiger partial charge in [0.15, 0.2) is 5.96 Å². The van der Waals surface area contributed by atoms with Crippen molar-refractivity contribution in [1.82, 2.24) is 10.6 Å². The Morgan fingerprint density at radius 1 is 1.15 bits per heavy atom. The third kappa shape index (κ3) is 7.70. The minimum absolute atomic E-state index is 0. The average molecular weight is 489 g/mol. The van der Waals surface area contributed by atoms with Crippen LogP contribution >= 0.6 is 24.0 Å². The number of phenolic OH excluding ortho intramolecular Hbond substituents is 1. The van der Waals surface area contributed by atoms with Gasteiger partial charge in [-0.2, -0.15) is 0 Å². The van der Waals surface area contributed by atoms with Crippen molar-refractivity contribution in [2.75, 3.05) is 13.1 Å². The van der Waals surface area contributed by atoms with Crippen molar-refractivity contribution in [2.45, 2.75) is 32.7 Å². The lowest BCUT2D eigenvalue weighted by molar-refractivity contribution is 0.475. The second-order valence-electron chi connectivity index (χ2n) is 6.06. The number of aromatic hydroxyl groups is 1. The molecule has 0 saturated heterocycles. The third-order valence-electron chi connectivity index (χ3n) is 3.96. The maximum absolute atomic E-state index is 13.9. The molecule has 1 atom stereocenters. The van der Waals surface area contributed by atoms with Gasteiger partial charge in [-0.25, -0.2) is 8.78 Å². The first-order chi connectivity index (χ1) is 12.5. The number of hydrogen-bond acceptors (Lipinski definition) is 2. The van der Waals surface area contributed by atoms with Crippen LogP contribution in [0.2, 0.25) is 0 Å².